The summed E-state index contributed by atoms with van der Waals surface area (Å²) in [5, 5.41) is 7.71. The van der Waals surface area contributed by atoms with Gasteiger partial charge in [-0.3, -0.25) is 4.99 Å². The largest absolute Gasteiger partial charge is 0.489 e. The highest BCUT2D eigenvalue weighted by atomic mass is 35.5. The topological polar surface area (TPSA) is 64.1 Å². The van der Waals surface area contributed by atoms with Crippen LogP contribution in [0.3, 0.4) is 0 Å². The standard InChI is InChI=1S/C17H24Cl3N3O3/c1-21-16(23-11-17(24-2)3-6-25-7-4-17)22-5-8-26-15-13(19)9-12(18)10-14(15)20/h9-10H,3-8,11H2,1-2H3,(H2,21,22,23). The van der Waals surface area contributed by atoms with Crippen LogP contribution in [-0.4, -0.2) is 58.6 Å². The van der Waals surface area contributed by atoms with Gasteiger partial charge < -0.3 is 24.8 Å². The maximum absolute atomic E-state index is 6.10. The molecule has 1 aliphatic rings. The van der Waals surface area contributed by atoms with Crippen LogP contribution >= 0.6 is 34.8 Å². The molecule has 1 aromatic carbocycles. The van der Waals surface area contributed by atoms with Gasteiger partial charge in [0.2, 0.25) is 0 Å². The lowest BCUT2D eigenvalue weighted by Crippen LogP contribution is -2.51. The average Bonchev–Trinajstić information content (AvgIpc) is 2.63. The molecule has 1 saturated heterocycles. The van der Waals surface area contributed by atoms with E-state index >= 15 is 0 Å². The number of methoxy groups -OCH3 is 1. The van der Waals surface area contributed by atoms with Crippen molar-refractivity contribution in [3.63, 3.8) is 0 Å². The van der Waals surface area contributed by atoms with E-state index in [0.717, 1.165) is 12.8 Å². The van der Waals surface area contributed by atoms with Crippen LogP contribution in [0.15, 0.2) is 17.1 Å². The molecule has 0 aromatic heterocycles. The van der Waals surface area contributed by atoms with Gasteiger partial charge in [0.25, 0.3) is 0 Å². The molecule has 26 heavy (non-hydrogen) atoms. The lowest BCUT2D eigenvalue weighted by Gasteiger charge is -2.36. The van der Waals surface area contributed by atoms with Gasteiger partial charge in [-0.05, 0) is 12.1 Å². The van der Waals surface area contributed by atoms with Crippen LogP contribution in [0.1, 0.15) is 12.8 Å². The Balaban J connectivity index is 1.77. The van der Waals surface area contributed by atoms with Crippen molar-refractivity contribution in [3.8, 4) is 5.75 Å². The van der Waals surface area contributed by atoms with Crippen LogP contribution in [0.4, 0.5) is 0 Å². The molecular formula is C17H24Cl3N3O3. The highest BCUT2D eigenvalue weighted by molar-refractivity contribution is 6.40. The summed E-state index contributed by atoms with van der Waals surface area (Å²) in [4.78, 5) is 4.21. The smallest absolute Gasteiger partial charge is 0.191 e. The van der Waals surface area contributed by atoms with Gasteiger partial charge >= 0.3 is 0 Å². The maximum atomic E-state index is 6.10. The number of ether oxygens (including phenoxy) is 3. The van der Waals surface area contributed by atoms with Crippen molar-refractivity contribution < 1.29 is 14.2 Å². The molecule has 0 saturated carbocycles. The number of halogens is 3. The van der Waals surface area contributed by atoms with Crippen LogP contribution in [0.2, 0.25) is 15.1 Å². The van der Waals surface area contributed by atoms with E-state index in [9.17, 15) is 0 Å². The van der Waals surface area contributed by atoms with Crippen molar-refractivity contribution >= 4 is 40.8 Å². The van der Waals surface area contributed by atoms with Crippen LogP contribution in [0.25, 0.3) is 0 Å². The molecule has 2 N–H and O–H groups in total. The van der Waals surface area contributed by atoms with E-state index in [-0.39, 0.29) is 5.60 Å². The molecule has 2 rings (SSSR count). The molecule has 1 aromatic rings. The number of aliphatic imine (C=N–C) groups is 1. The Bertz CT molecular complexity index is 600. The summed E-state index contributed by atoms with van der Waals surface area (Å²) in [6.45, 7) is 2.96. The number of guanidine groups is 1. The lowest BCUT2D eigenvalue weighted by atomic mass is 9.94. The van der Waals surface area contributed by atoms with Crippen molar-refractivity contribution in [3.05, 3.63) is 27.2 Å². The maximum Gasteiger partial charge on any atom is 0.191 e. The minimum Gasteiger partial charge on any atom is -0.489 e. The van der Waals surface area contributed by atoms with Gasteiger partial charge in [-0.25, -0.2) is 0 Å². The first-order chi connectivity index (χ1) is 12.5. The molecule has 6 nitrogen and oxygen atoms in total. The zero-order valence-corrected chi connectivity index (χ0v) is 17.2. The Kier molecular flexibility index (Phi) is 8.57. The number of hydrogen-bond donors (Lipinski definition) is 2. The Morgan fingerprint density at radius 3 is 2.42 bits per heavy atom. The summed E-state index contributed by atoms with van der Waals surface area (Å²) in [7, 11) is 3.45. The van der Waals surface area contributed by atoms with E-state index in [1.165, 1.54) is 0 Å². The Morgan fingerprint density at radius 2 is 1.85 bits per heavy atom. The molecule has 0 amide bonds. The molecule has 0 aliphatic carbocycles. The molecule has 1 aliphatic heterocycles. The SMILES string of the molecule is CN=C(NCCOc1c(Cl)cc(Cl)cc1Cl)NCC1(OC)CCOCC1. The molecule has 0 bridgehead atoms. The van der Waals surface area contributed by atoms with Crippen LogP contribution in [0.5, 0.6) is 5.75 Å². The molecule has 9 heteroatoms. The van der Waals surface area contributed by atoms with E-state index in [1.807, 2.05) is 0 Å². The summed E-state index contributed by atoms with van der Waals surface area (Å²) in [6, 6.07) is 3.19. The Labute approximate surface area is 169 Å². The fourth-order valence-corrected chi connectivity index (χ4v) is 3.58. The van der Waals surface area contributed by atoms with Crippen LogP contribution < -0.4 is 15.4 Å². The van der Waals surface area contributed by atoms with Crippen molar-refractivity contribution in [2.45, 2.75) is 18.4 Å². The van der Waals surface area contributed by atoms with Gasteiger partial charge in [0.1, 0.15) is 6.61 Å². The van der Waals surface area contributed by atoms with Crippen molar-refractivity contribution in [2.75, 3.05) is 47.1 Å². The highest BCUT2D eigenvalue weighted by Crippen LogP contribution is 2.35. The normalized spacial score (nSPS) is 17.0. The van der Waals surface area contributed by atoms with Crippen molar-refractivity contribution in [2.24, 2.45) is 4.99 Å². The third-order valence-electron chi connectivity index (χ3n) is 4.24. The lowest BCUT2D eigenvalue weighted by molar-refractivity contribution is -0.0855. The summed E-state index contributed by atoms with van der Waals surface area (Å²) in [5.74, 6) is 1.09. The van der Waals surface area contributed by atoms with E-state index < -0.39 is 0 Å². The highest BCUT2D eigenvalue weighted by Gasteiger charge is 2.32. The molecule has 1 fully saturated rings. The van der Waals surface area contributed by atoms with Gasteiger partial charge in [0, 0.05) is 51.8 Å². The second-order valence-electron chi connectivity index (χ2n) is 5.90. The second-order valence-corrected chi connectivity index (χ2v) is 7.15. The molecule has 0 radical (unpaired) electrons. The predicted octanol–water partition coefficient (Wildman–Crippen LogP) is 3.39. The first-order valence-corrected chi connectivity index (χ1v) is 9.48. The minimum absolute atomic E-state index is 0.225. The van der Waals surface area contributed by atoms with E-state index in [2.05, 4.69) is 15.6 Å². The number of nitrogens with one attached hydrogen (secondary N) is 2. The van der Waals surface area contributed by atoms with Gasteiger partial charge in [-0.15, -0.1) is 0 Å². The monoisotopic (exact) mass is 423 g/mol. The molecule has 146 valence electrons. The molecular weight excluding hydrogens is 401 g/mol. The number of hydrogen-bond acceptors (Lipinski definition) is 4. The first kappa shape index (κ1) is 21.4. The Hall–Kier alpha value is -0.920. The number of nitrogens with zero attached hydrogens (tertiary/aromatic N) is 1. The summed E-state index contributed by atoms with van der Waals surface area (Å²) in [6.07, 6.45) is 1.70. The fourth-order valence-electron chi connectivity index (χ4n) is 2.65. The van der Waals surface area contributed by atoms with Gasteiger partial charge in [-0.1, -0.05) is 34.8 Å². The number of benzene rings is 1. The summed E-state index contributed by atoms with van der Waals surface area (Å²) >= 11 is 18.1. The predicted molar refractivity (Wildman–Crippen MR) is 106 cm³/mol. The van der Waals surface area contributed by atoms with Crippen molar-refractivity contribution in [1.82, 2.24) is 10.6 Å². The molecule has 0 spiro atoms. The fraction of sp³-hybridized carbons (Fsp3) is 0.588. The molecule has 0 unspecified atom stereocenters. The quantitative estimate of drug-likeness (QED) is 0.399. The average molecular weight is 425 g/mol. The van der Waals surface area contributed by atoms with Crippen LogP contribution in [0, 0.1) is 0 Å². The van der Waals surface area contributed by atoms with Gasteiger partial charge in [0.15, 0.2) is 11.7 Å². The first-order valence-electron chi connectivity index (χ1n) is 8.34. The zero-order chi connectivity index (χ0) is 19.0. The minimum atomic E-state index is -0.225. The van der Waals surface area contributed by atoms with Crippen molar-refractivity contribution in [1.29, 1.82) is 0 Å². The second kappa shape index (κ2) is 10.4. The van der Waals surface area contributed by atoms with E-state index in [1.54, 1.807) is 26.3 Å². The van der Waals surface area contributed by atoms with Gasteiger partial charge in [-0.2, -0.15) is 0 Å². The third-order valence-corrected chi connectivity index (χ3v) is 5.02. The van der Waals surface area contributed by atoms with E-state index in [4.69, 9.17) is 49.0 Å². The van der Waals surface area contributed by atoms with Gasteiger partial charge in [0.05, 0.1) is 22.2 Å². The summed E-state index contributed by atoms with van der Waals surface area (Å²) in [5.41, 5.74) is -0.225. The molecule has 0 atom stereocenters. The third kappa shape index (κ3) is 6.06. The van der Waals surface area contributed by atoms with Crippen LogP contribution in [-0.2, 0) is 9.47 Å². The zero-order valence-electron chi connectivity index (χ0n) is 14.9. The summed E-state index contributed by atoms with van der Waals surface area (Å²) < 4.78 is 16.8. The molecule has 1 heterocycles. The number of rotatable bonds is 7. The van der Waals surface area contributed by atoms with E-state index in [0.29, 0.717) is 59.7 Å². The Morgan fingerprint density at radius 1 is 1.19 bits per heavy atom.